The Hall–Kier alpha value is -3.18. The van der Waals surface area contributed by atoms with Crippen molar-refractivity contribution in [1.29, 1.82) is 0 Å². The average Bonchev–Trinajstić information content (AvgIpc) is 2.71. The minimum absolute atomic E-state index is 0.109. The van der Waals surface area contributed by atoms with E-state index >= 15 is 0 Å². The molecule has 0 unspecified atom stereocenters. The number of hydrogen-bond donors (Lipinski definition) is 0. The van der Waals surface area contributed by atoms with Gasteiger partial charge in [-0.15, -0.1) is 0 Å². The van der Waals surface area contributed by atoms with Crippen molar-refractivity contribution >= 4 is 36.1 Å². The summed E-state index contributed by atoms with van der Waals surface area (Å²) in [5.74, 6) is -0.367. The summed E-state index contributed by atoms with van der Waals surface area (Å²) in [6, 6.07) is 20.8. The van der Waals surface area contributed by atoms with Crippen LogP contribution in [0.4, 0.5) is 0 Å². The maximum absolute atomic E-state index is 12.2. The van der Waals surface area contributed by atoms with Crippen LogP contribution in [0, 0.1) is 0 Å². The van der Waals surface area contributed by atoms with E-state index in [1.54, 1.807) is 6.07 Å². The predicted octanol–water partition coefficient (Wildman–Crippen LogP) is 5.80. The van der Waals surface area contributed by atoms with Crippen molar-refractivity contribution in [3.05, 3.63) is 72.3 Å². The molecular formula is C26H26NO3Si-. The molecule has 0 aliphatic heterocycles. The number of fused-ring (bicyclic) bond motifs is 2. The Balaban J connectivity index is 1.85. The highest BCUT2D eigenvalue weighted by molar-refractivity contribution is 6.74. The van der Waals surface area contributed by atoms with E-state index in [0.29, 0.717) is 21.8 Å². The van der Waals surface area contributed by atoms with Gasteiger partial charge in [-0.1, -0.05) is 63.2 Å². The minimum atomic E-state index is -1.94. The number of carbonyl (C=O) groups is 1. The van der Waals surface area contributed by atoms with Crippen LogP contribution in [-0.2, 0) is 0 Å². The van der Waals surface area contributed by atoms with Crippen LogP contribution in [0.1, 0.15) is 31.1 Å². The van der Waals surface area contributed by atoms with Crippen molar-refractivity contribution in [1.82, 2.24) is 4.98 Å². The monoisotopic (exact) mass is 428 g/mol. The number of rotatable bonds is 4. The number of carbonyl (C=O) groups excluding carboxylic acids is 1. The van der Waals surface area contributed by atoms with E-state index < -0.39 is 14.3 Å². The predicted molar refractivity (Wildman–Crippen MR) is 127 cm³/mol. The van der Waals surface area contributed by atoms with Crippen LogP contribution < -0.4 is 9.53 Å². The molecule has 1 heterocycles. The number of benzene rings is 3. The molecule has 158 valence electrons. The van der Waals surface area contributed by atoms with Gasteiger partial charge >= 0.3 is 0 Å². The lowest BCUT2D eigenvalue weighted by Gasteiger charge is -2.36. The molecule has 3 aromatic carbocycles. The van der Waals surface area contributed by atoms with Gasteiger partial charge in [-0.3, -0.25) is 0 Å². The first-order valence-electron chi connectivity index (χ1n) is 10.4. The molecule has 0 radical (unpaired) electrons. The Morgan fingerprint density at radius 2 is 1.55 bits per heavy atom. The van der Waals surface area contributed by atoms with Crippen LogP contribution in [0.3, 0.4) is 0 Å². The largest absolute Gasteiger partial charge is 0.545 e. The zero-order chi connectivity index (χ0) is 22.4. The van der Waals surface area contributed by atoms with Crippen molar-refractivity contribution in [2.75, 3.05) is 0 Å². The molecule has 31 heavy (non-hydrogen) atoms. The van der Waals surface area contributed by atoms with E-state index in [4.69, 9.17) is 4.43 Å². The minimum Gasteiger partial charge on any atom is -0.545 e. The van der Waals surface area contributed by atoms with E-state index in [1.165, 1.54) is 0 Å². The number of carboxylic acid groups (broad SMARTS) is 1. The van der Waals surface area contributed by atoms with Crippen LogP contribution in [-0.4, -0.2) is 19.3 Å². The van der Waals surface area contributed by atoms with E-state index in [2.05, 4.69) is 38.8 Å². The lowest BCUT2D eigenvalue weighted by molar-refractivity contribution is -0.254. The van der Waals surface area contributed by atoms with E-state index in [9.17, 15) is 9.90 Å². The Bertz CT molecular complexity index is 1290. The number of nitrogens with zero attached hydrogens (tertiary/aromatic N) is 1. The molecule has 0 aliphatic rings. The summed E-state index contributed by atoms with van der Waals surface area (Å²) in [6.07, 6.45) is 0. The lowest BCUT2D eigenvalue weighted by atomic mass is 9.94. The molecule has 0 saturated carbocycles. The normalized spacial score (nSPS) is 12.3. The SMILES string of the molecule is CC(C)(C)[Si](C)(C)Oc1ccc(-c2cccc3nc4ccccc4c(C(=O)[O-])c23)cc1. The second-order valence-electron chi connectivity index (χ2n) is 9.38. The number of carboxylic acids is 1. The Morgan fingerprint density at radius 1 is 0.903 bits per heavy atom. The molecule has 5 heteroatoms. The molecule has 0 bridgehead atoms. The van der Waals surface area contributed by atoms with Gasteiger partial charge in [0.2, 0.25) is 8.32 Å². The van der Waals surface area contributed by atoms with E-state index in [1.807, 2.05) is 60.7 Å². The molecule has 0 spiro atoms. The number of aromatic carboxylic acids is 1. The van der Waals surface area contributed by atoms with E-state index in [0.717, 1.165) is 16.9 Å². The fourth-order valence-electron chi connectivity index (χ4n) is 3.55. The first-order valence-corrected chi connectivity index (χ1v) is 13.3. The van der Waals surface area contributed by atoms with Crippen molar-refractivity contribution in [2.45, 2.75) is 38.9 Å². The highest BCUT2D eigenvalue weighted by atomic mass is 28.4. The lowest BCUT2D eigenvalue weighted by Crippen LogP contribution is -2.43. The molecule has 1 aromatic heterocycles. The Kier molecular flexibility index (Phi) is 5.10. The highest BCUT2D eigenvalue weighted by Gasteiger charge is 2.38. The topological polar surface area (TPSA) is 62.2 Å². The van der Waals surface area contributed by atoms with Gasteiger partial charge in [0.25, 0.3) is 0 Å². The summed E-state index contributed by atoms with van der Waals surface area (Å²) in [5, 5.41) is 13.5. The zero-order valence-electron chi connectivity index (χ0n) is 18.5. The van der Waals surface area contributed by atoms with Gasteiger partial charge in [-0.2, -0.15) is 0 Å². The Labute approximate surface area is 183 Å². The van der Waals surface area contributed by atoms with Crippen LogP contribution >= 0.6 is 0 Å². The maximum Gasteiger partial charge on any atom is 0.250 e. The fourth-order valence-corrected chi connectivity index (χ4v) is 4.58. The molecule has 0 N–H and O–H groups in total. The van der Waals surface area contributed by atoms with Crippen LogP contribution in [0.25, 0.3) is 32.9 Å². The number of hydrogen-bond acceptors (Lipinski definition) is 4. The smallest absolute Gasteiger partial charge is 0.250 e. The van der Waals surface area contributed by atoms with Crippen molar-refractivity contribution < 1.29 is 14.3 Å². The van der Waals surface area contributed by atoms with Crippen LogP contribution in [0.5, 0.6) is 5.75 Å². The quantitative estimate of drug-likeness (QED) is 0.304. The van der Waals surface area contributed by atoms with Gasteiger partial charge in [0.1, 0.15) is 5.75 Å². The van der Waals surface area contributed by atoms with Gasteiger partial charge in [0.15, 0.2) is 0 Å². The summed E-state index contributed by atoms with van der Waals surface area (Å²) >= 11 is 0. The first kappa shape index (κ1) is 21.1. The summed E-state index contributed by atoms with van der Waals surface area (Å²) in [5.41, 5.74) is 3.18. The van der Waals surface area contributed by atoms with Crippen molar-refractivity contribution in [3.63, 3.8) is 0 Å². The molecule has 0 fully saturated rings. The third-order valence-electron chi connectivity index (χ3n) is 6.26. The second-order valence-corrected chi connectivity index (χ2v) is 14.1. The third-order valence-corrected chi connectivity index (χ3v) is 10.6. The number of para-hydroxylation sites is 1. The van der Waals surface area contributed by atoms with Crippen LogP contribution in [0.2, 0.25) is 18.1 Å². The average molecular weight is 429 g/mol. The molecule has 0 saturated heterocycles. The highest BCUT2D eigenvalue weighted by Crippen LogP contribution is 2.38. The molecule has 0 amide bonds. The molecule has 4 rings (SSSR count). The molecule has 4 nitrogen and oxygen atoms in total. The zero-order valence-corrected chi connectivity index (χ0v) is 19.5. The molecule has 0 atom stereocenters. The standard InChI is InChI=1S/C26H27NO3Si/c1-26(2,3)31(4,5)30-18-15-13-17(14-16-18)19-10-8-12-22-23(19)24(25(28)29)20-9-6-7-11-21(20)27-22/h6-16H,1-5H3,(H,28,29)/p-1. The van der Waals surface area contributed by atoms with Gasteiger partial charge in [0, 0.05) is 16.3 Å². The molecule has 0 aliphatic carbocycles. The maximum atomic E-state index is 12.2. The number of pyridine rings is 1. The third kappa shape index (κ3) is 3.81. The van der Waals surface area contributed by atoms with Gasteiger partial charge in [-0.25, -0.2) is 4.98 Å². The molecular weight excluding hydrogens is 402 g/mol. The van der Waals surface area contributed by atoms with Crippen LogP contribution in [0.15, 0.2) is 66.7 Å². The first-order chi connectivity index (χ1) is 14.6. The summed E-state index contributed by atoms with van der Waals surface area (Å²) in [7, 11) is -1.94. The van der Waals surface area contributed by atoms with Gasteiger partial charge in [-0.05, 0) is 53.5 Å². The molecule has 4 aromatic rings. The van der Waals surface area contributed by atoms with Crippen molar-refractivity contribution in [3.8, 4) is 16.9 Å². The second kappa shape index (κ2) is 7.50. The van der Waals surface area contributed by atoms with Crippen molar-refractivity contribution in [2.24, 2.45) is 0 Å². The number of aromatic nitrogens is 1. The summed E-state index contributed by atoms with van der Waals surface area (Å²) in [6.45, 7) is 11.1. The van der Waals surface area contributed by atoms with E-state index in [-0.39, 0.29) is 10.6 Å². The summed E-state index contributed by atoms with van der Waals surface area (Å²) < 4.78 is 6.39. The summed E-state index contributed by atoms with van der Waals surface area (Å²) in [4.78, 5) is 16.9. The van der Waals surface area contributed by atoms with Gasteiger partial charge < -0.3 is 14.3 Å². The Morgan fingerprint density at radius 3 is 2.19 bits per heavy atom. The fraction of sp³-hybridized carbons (Fsp3) is 0.231. The van der Waals surface area contributed by atoms with Gasteiger partial charge in [0.05, 0.1) is 17.0 Å².